The molecule has 0 saturated heterocycles. The van der Waals surface area contributed by atoms with Crippen LogP contribution in [0, 0.1) is 5.92 Å². The van der Waals surface area contributed by atoms with E-state index < -0.39 is 0 Å². The van der Waals surface area contributed by atoms with E-state index in [9.17, 15) is 0 Å². The number of hydrogen-bond donors (Lipinski definition) is 1. The van der Waals surface area contributed by atoms with E-state index in [1.165, 1.54) is 148 Å². The lowest BCUT2D eigenvalue weighted by Crippen LogP contribution is -1.98. The van der Waals surface area contributed by atoms with E-state index in [0.717, 1.165) is 12.3 Å². The first kappa shape index (κ1) is 30.7. The van der Waals surface area contributed by atoms with Crippen molar-refractivity contribution in [3.63, 3.8) is 0 Å². The van der Waals surface area contributed by atoms with E-state index in [-0.39, 0.29) is 0 Å². The summed E-state index contributed by atoms with van der Waals surface area (Å²) in [5.41, 5.74) is 0. The lowest BCUT2D eigenvalue weighted by Gasteiger charge is -2.13. The molecule has 0 aromatic carbocycles. The molecular formula is C30H60O. The van der Waals surface area contributed by atoms with Crippen molar-refractivity contribution in [2.45, 2.75) is 168 Å². The lowest BCUT2D eigenvalue weighted by atomic mass is 9.93. The number of aliphatic hydroxyl groups excluding tert-OH is 1. The minimum atomic E-state index is 0.351. The minimum Gasteiger partial charge on any atom is -0.396 e. The zero-order chi connectivity index (χ0) is 22.7. The van der Waals surface area contributed by atoms with E-state index in [2.05, 4.69) is 26.0 Å². The Kier molecular flexibility index (Phi) is 27.5. The van der Waals surface area contributed by atoms with Crippen LogP contribution in [0.3, 0.4) is 0 Å². The zero-order valence-corrected chi connectivity index (χ0v) is 21.9. The van der Waals surface area contributed by atoms with Gasteiger partial charge >= 0.3 is 0 Å². The Hall–Kier alpha value is -0.300. The van der Waals surface area contributed by atoms with Crippen molar-refractivity contribution in [1.29, 1.82) is 0 Å². The summed E-state index contributed by atoms with van der Waals surface area (Å²) < 4.78 is 0. The Labute approximate surface area is 197 Å². The second kappa shape index (κ2) is 27.7. The number of unbranched alkanes of at least 4 members (excludes halogenated alkanes) is 19. The fraction of sp³-hybridized carbons (Fsp3) is 0.933. The van der Waals surface area contributed by atoms with Crippen LogP contribution >= 0.6 is 0 Å². The molecule has 0 aliphatic heterocycles. The Morgan fingerprint density at radius 2 is 0.871 bits per heavy atom. The molecule has 0 aromatic heterocycles. The standard InChI is InChI=1S/C30H60O/c1-3-5-7-9-11-13-14-16-19-23-27-30(28-24-20-17-21-25-29-31)26-22-18-15-12-10-8-6-4-2/h24,28,30-31H,3-23,25-27,29H2,1-2H3/b28-24-. The van der Waals surface area contributed by atoms with Gasteiger partial charge in [0.25, 0.3) is 0 Å². The van der Waals surface area contributed by atoms with Crippen LogP contribution in [0.5, 0.6) is 0 Å². The summed E-state index contributed by atoms with van der Waals surface area (Å²) in [5, 5.41) is 8.92. The predicted octanol–water partition coefficient (Wildman–Crippen LogP) is 10.6. The Balaban J connectivity index is 3.87. The van der Waals surface area contributed by atoms with Gasteiger partial charge in [-0.05, 0) is 38.0 Å². The van der Waals surface area contributed by atoms with Gasteiger partial charge in [-0.1, -0.05) is 148 Å². The smallest absolute Gasteiger partial charge is 0.0431 e. The summed E-state index contributed by atoms with van der Waals surface area (Å²) in [6.07, 6.45) is 38.2. The first-order valence-electron chi connectivity index (χ1n) is 14.6. The van der Waals surface area contributed by atoms with Crippen LogP contribution in [-0.2, 0) is 0 Å². The van der Waals surface area contributed by atoms with E-state index in [1.807, 2.05) is 0 Å². The lowest BCUT2D eigenvalue weighted by molar-refractivity contribution is 0.283. The summed E-state index contributed by atoms with van der Waals surface area (Å²) in [7, 11) is 0. The summed E-state index contributed by atoms with van der Waals surface area (Å²) in [6, 6.07) is 0. The van der Waals surface area contributed by atoms with Crippen molar-refractivity contribution < 1.29 is 5.11 Å². The molecule has 0 fully saturated rings. The molecule has 0 radical (unpaired) electrons. The molecule has 0 bridgehead atoms. The summed E-state index contributed by atoms with van der Waals surface area (Å²) >= 11 is 0. The van der Waals surface area contributed by atoms with Crippen molar-refractivity contribution in [3.8, 4) is 0 Å². The van der Waals surface area contributed by atoms with Crippen LogP contribution < -0.4 is 0 Å². The van der Waals surface area contributed by atoms with Crippen LogP contribution in [0.2, 0.25) is 0 Å². The van der Waals surface area contributed by atoms with Crippen LogP contribution in [0.25, 0.3) is 0 Å². The highest BCUT2D eigenvalue weighted by Gasteiger charge is 2.05. The van der Waals surface area contributed by atoms with Crippen molar-refractivity contribution in [1.82, 2.24) is 0 Å². The van der Waals surface area contributed by atoms with Crippen LogP contribution in [-0.4, -0.2) is 11.7 Å². The molecule has 1 unspecified atom stereocenters. The summed E-state index contributed by atoms with van der Waals surface area (Å²) in [6.45, 7) is 4.95. The summed E-state index contributed by atoms with van der Waals surface area (Å²) in [4.78, 5) is 0. The highest BCUT2D eigenvalue weighted by atomic mass is 16.2. The van der Waals surface area contributed by atoms with Crippen LogP contribution in [0.1, 0.15) is 168 Å². The molecule has 1 heteroatoms. The zero-order valence-electron chi connectivity index (χ0n) is 21.9. The number of rotatable bonds is 26. The highest BCUT2D eigenvalue weighted by molar-refractivity contribution is 4.88. The monoisotopic (exact) mass is 436 g/mol. The third kappa shape index (κ3) is 25.8. The van der Waals surface area contributed by atoms with Gasteiger partial charge in [-0.2, -0.15) is 0 Å². The van der Waals surface area contributed by atoms with Crippen molar-refractivity contribution >= 4 is 0 Å². The molecule has 0 saturated carbocycles. The largest absolute Gasteiger partial charge is 0.396 e. The first-order valence-corrected chi connectivity index (χ1v) is 14.6. The fourth-order valence-electron chi connectivity index (χ4n) is 4.61. The molecule has 0 rings (SSSR count). The van der Waals surface area contributed by atoms with Gasteiger partial charge in [-0.3, -0.25) is 0 Å². The molecule has 0 aromatic rings. The van der Waals surface area contributed by atoms with Gasteiger partial charge in [0.2, 0.25) is 0 Å². The van der Waals surface area contributed by atoms with E-state index in [0.29, 0.717) is 6.61 Å². The van der Waals surface area contributed by atoms with Gasteiger partial charge in [0.15, 0.2) is 0 Å². The van der Waals surface area contributed by atoms with Crippen molar-refractivity contribution in [2.24, 2.45) is 5.92 Å². The average Bonchev–Trinajstić information content (AvgIpc) is 2.78. The third-order valence-corrected chi connectivity index (χ3v) is 6.79. The number of hydrogen-bond acceptors (Lipinski definition) is 1. The number of aliphatic hydroxyl groups is 1. The maximum atomic E-state index is 8.92. The second-order valence-corrected chi connectivity index (χ2v) is 10.00. The SMILES string of the molecule is CCCCCCCCCCCCC(/C=C\CCCCCO)CCCCCCCCCC. The van der Waals surface area contributed by atoms with E-state index in [4.69, 9.17) is 5.11 Å². The molecule has 0 heterocycles. The molecule has 1 nitrogen and oxygen atoms in total. The number of allylic oxidation sites excluding steroid dienone is 2. The third-order valence-electron chi connectivity index (χ3n) is 6.79. The maximum Gasteiger partial charge on any atom is 0.0431 e. The van der Waals surface area contributed by atoms with E-state index in [1.54, 1.807) is 0 Å². The Morgan fingerprint density at radius 1 is 0.484 bits per heavy atom. The van der Waals surface area contributed by atoms with Gasteiger partial charge in [-0.15, -0.1) is 0 Å². The van der Waals surface area contributed by atoms with Crippen LogP contribution in [0.4, 0.5) is 0 Å². The molecule has 1 atom stereocenters. The van der Waals surface area contributed by atoms with Crippen molar-refractivity contribution in [2.75, 3.05) is 6.61 Å². The molecule has 0 aliphatic carbocycles. The average molecular weight is 437 g/mol. The quantitative estimate of drug-likeness (QED) is 0.106. The van der Waals surface area contributed by atoms with Gasteiger partial charge < -0.3 is 5.11 Å². The fourth-order valence-corrected chi connectivity index (χ4v) is 4.61. The molecule has 186 valence electrons. The van der Waals surface area contributed by atoms with Gasteiger partial charge in [0.1, 0.15) is 0 Å². The predicted molar refractivity (Wildman–Crippen MR) is 142 cm³/mol. The van der Waals surface area contributed by atoms with Gasteiger partial charge in [-0.25, -0.2) is 0 Å². The highest BCUT2D eigenvalue weighted by Crippen LogP contribution is 2.21. The Bertz CT molecular complexity index is 335. The first-order chi connectivity index (χ1) is 15.3. The molecular weight excluding hydrogens is 376 g/mol. The van der Waals surface area contributed by atoms with Gasteiger partial charge in [0.05, 0.1) is 0 Å². The summed E-state index contributed by atoms with van der Waals surface area (Å²) in [5.74, 6) is 0.812. The molecule has 0 amide bonds. The van der Waals surface area contributed by atoms with Crippen LogP contribution in [0.15, 0.2) is 12.2 Å². The molecule has 0 aliphatic rings. The maximum absolute atomic E-state index is 8.92. The Morgan fingerprint density at radius 3 is 1.29 bits per heavy atom. The van der Waals surface area contributed by atoms with Gasteiger partial charge in [0, 0.05) is 6.61 Å². The molecule has 31 heavy (non-hydrogen) atoms. The molecule has 0 spiro atoms. The normalized spacial score (nSPS) is 12.7. The second-order valence-electron chi connectivity index (χ2n) is 10.00. The van der Waals surface area contributed by atoms with Crippen molar-refractivity contribution in [3.05, 3.63) is 12.2 Å². The molecule has 1 N–H and O–H groups in total. The van der Waals surface area contributed by atoms with E-state index >= 15 is 0 Å². The minimum absolute atomic E-state index is 0.351. The topological polar surface area (TPSA) is 20.2 Å².